The second kappa shape index (κ2) is 6.52. The lowest BCUT2D eigenvalue weighted by molar-refractivity contribution is 0.214. The van der Waals surface area contributed by atoms with Crippen LogP contribution in [0.5, 0.6) is 5.88 Å². The number of ether oxygens (including phenoxy) is 1. The normalized spacial score (nSPS) is 21.5. The zero-order valence-corrected chi connectivity index (χ0v) is 15.1. The summed E-state index contributed by atoms with van der Waals surface area (Å²) in [5, 5.41) is 19.6. The van der Waals surface area contributed by atoms with Gasteiger partial charge >= 0.3 is 0 Å². The summed E-state index contributed by atoms with van der Waals surface area (Å²) < 4.78 is 5.87. The van der Waals surface area contributed by atoms with Crippen LogP contribution in [-0.2, 0) is 0 Å². The second-order valence-electron chi connectivity index (χ2n) is 7.51. The summed E-state index contributed by atoms with van der Waals surface area (Å²) in [6.07, 6.45) is 7.35. The van der Waals surface area contributed by atoms with E-state index in [1.54, 1.807) is 11.3 Å². The molecular weight excluding hydrogens is 334 g/mol. The fourth-order valence-corrected chi connectivity index (χ4v) is 4.41. The highest BCUT2D eigenvalue weighted by atomic mass is 32.1. The van der Waals surface area contributed by atoms with E-state index in [9.17, 15) is 0 Å². The van der Waals surface area contributed by atoms with Gasteiger partial charge < -0.3 is 9.64 Å². The molecule has 132 valence electrons. The Balaban J connectivity index is 1.10. The Morgan fingerprint density at radius 2 is 1.72 bits per heavy atom. The molecule has 6 nitrogen and oxygen atoms in total. The van der Waals surface area contributed by atoms with Crippen LogP contribution in [0.15, 0.2) is 12.1 Å². The summed E-state index contributed by atoms with van der Waals surface area (Å²) in [7, 11) is 0. The summed E-state index contributed by atoms with van der Waals surface area (Å²) >= 11 is 1.78. The third kappa shape index (κ3) is 3.61. The van der Waals surface area contributed by atoms with Gasteiger partial charge in [0, 0.05) is 31.0 Å². The molecule has 3 aliphatic rings. The number of anilines is 1. The highest BCUT2D eigenvalue weighted by molar-refractivity contribution is 7.15. The molecule has 3 fully saturated rings. The molecule has 0 atom stereocenters. The smallest absolute Gasteiger partial charge is 0.233 e. The highest BCUT2D eigenvalue weighted by Crippen LogP contribution is 2.43. The van der Waals surface area contributed by atoms with Crippen LogP contribution in [0.3, 0.4) is 0 Å². The average Bonchev–Trinajstić information content (AvgIpc) is 3.60. The zero-order chi connectivity index (χ0) is 16.6. The summed E-state index contributed by atoms with van der Waals surface area (Å²) in [6, 6.07) is 4.03. The van der Waals surface area contributed by atoms with E-state index in [4.69, 9.17) is 4.74 Å². The molecule has 0 amide bonds. The molecule has 2 saturated carbocycles. The lowest BCUT2D eigenvalue weighted by Crippen LogP contribution is -2.35. The molecule has 0 N–H and O–H groups in total. The SMILES string of the molecule is c1cc(C2CC2)nnc1OCC1CCN(c2nnc(C3CC3)s2)CC1. The topological polar surface area (TPSA) is 64.0 Å². The predicted octanol–water partition coefficient (Wildman–Crippen LogP) is 3.38. The van der Waals surface area contributed by atoms with Gasteiger partial charge in [-0.2, -0.15) is 5.10 Å². The molecule has 0 spiro atoms. The van der Waals surface area contributed by atoms with E-state index in [0.29, 0.717) is 23.6 Å². The van der Waals surface area contributed by atoms with Gasteiger partial charge in [-0.15, -0.1) is 15.3 Å². The number of nitrogens with zero attached hydrogens (tertiary/aromatic N) is 5. The van der Waals surface area contributed by atoms with E-state index in [0.717, 1.165) is 43.4 Å². The summed E-state index contributed by atoms with van der Waals surface area (Å²) in [6.45, 7) is 2.81. The minimum atomic E-state index is 0.581. The molecule has 1 saturated heterocycles. The first-order chi connectivity index (χ1) is 12.3. The van der Waals surface area contributed by atoms with E-state index < -0.39 is 0 Å². The lowest BCUT2D eigenvalue weighted by Gasteiger charge is -2.31. The maximum Gasteiger partial charge on any atom is 0.233 e. The summed E-state index contributed by atoms with van der Waals surface area (Å²) in [5.74, 6) is 2.58. The monoisotopic (exact) mass is 357 g/mol. The van der Waals surface area contributed by atoms with Crippen LogP contribution in [0.25, 0.3) is 0 Å². The van der Waals surface area contributed by atoms with Crippen LogP contribution in [0.4, 0.5) is 5.13 Å². The van der Waals surface area contributed by atoms with Crippen molar-refractivity contribution in [3.05, 3.63) is 22.8 Å². The van der Waals surface area contributed by atoms with Crippen molar-refractivity contribution in [3.63, 3.8) is 0 Å². The molecule has 2 aliphatic carbocycles. The van der Waals surface area contributed by atoms with Crippen LogP contribution in [-0.4, -0.2) is 40.1 Å². The Labute approximate surface area is 151 Å². The average molecular weight is 357 g/mol. The molecular formula is C18H23N5OS. The third-order valence-corrected chi connectivity index (χ3v) is 6.51. The standard InChI is InChI=1S/C18H23N5OS/c1-2-13(1)15-5-6-16(20-19-15)24-11-12-7-9-23(10-8-12)18-22-21-17(25-18)14-3-4-14/h5-6,12-14H,1-4,7-11H2. The zero-order valence-electron chi connectivity index (χ0n) is 14.3. The fraction of sp³-hybridized carbons (Fsp3) is 0.667. The number of aromatic nitrogens is 4. The second-order valence-corrected chi connectivity index (χ2v) is 8.50. The van der Waals surface area contributed by atoms with Gasteiger partial charge in [-0.25, -0.2) is 0 Å². The summed E-state index contributed by atoms with van der Waals surface area (Å²) in [4.78, 5) is 2.38. The first kappa shape index (κ1) is 15.5. The molecule has 7 heteroatoms. The van der Waals surface area contributed by atoms with E-state index in [1.807, 2.05) is 6.07 Å². The first-order valence-corrected chi connectivity index (χ1v) is 10.2. The van der Waals surface area contributed by atoms with E-state index in [1.165, 1.54) is 30.7 Å². The van der Waals surface area contributed by atoms with Crippen molar-refractivity contribution in [2.45, 2.75) is 50.4 Å². The number of piperidine rings is 1. The molecule has 5 rings (SSSR count). The van der Waals surface area contributed by atoms with Crippen molar-refractivity contribution in [2.24, 2.45) is 5.92 Å². The van der Waals surface area contributed by atoms with Crippen LogP contribution >= 0.6 is 11.3 Å². The maximum absolute atomic E-state index is 5.87. The molecule has 2 aromatic heterocycles. The summed E-state index contributed by atoms with van der Waals surface area (Å²) in [5.41, 5.74) is 1.11. The minimum absolute atomic E-state index is 0.581. The number of hydrogen-bond acceptors (Lipinski definition) is 7. The van der Waals surface area contributed by atoms with Gasteiger partial charge in [0.05, 0.1) is 12.3 Å². The van der Waals surface area contributed by atoms with Gasteiger partial charge in [-0.3, -0.25) is 0 Å². The van der Waals surface area contributed by atoms with Gasteiger partial charge in [-0.1, -0.05) is 11.3 Å². The lowest BCUT2D eigenvalue weighted by atomic mass is 9.98. The Morgan fingerprint density at radius 3 is 2.40 bits per heavy atom. The van der Waals surface area contributed by atoms with Crippen molar-refractivity contribution in [1.82, 2.24) is 20.4 Å². The van der Waals surface area contributed by atoms with Gasteiger partial charge in [0.2, 0.25) is 11.0 Å². The highest BCUT2D eigenvalue weighted by Gasteiger charge is 2.29. The van der Waals surface area contributed by atoms with Crippen LogP contribution in [0.2, 0.25) is 0 Å². The molecule has 0 aromatic carbocycles. The first-order valence-electron chi connectivity index (χ1n) is 9.40. The molecule has 2 aromatic rings. The van der Waals surface area contributed by atoms with E-state index in [2.05, 4.69) is 31.4 Å². The van der Waals surface area contributed by atoms with Gasteiger partial charge in [0.15, 0.2) is 0 Å². The minimum Gasteiger partial charge on any atom is -0.476 e. The molecule has 0 radical (unpaired) electrons. The van der Waals surface area contributed by atoms with E-state index in [-0.39, 0.29) is 0 Å². The number of hydrogen-bond donors (Lipinski definition) is 0. The van der Waals surface area contributed by atoms with Gasteiger partial charge in [0.25, 0.3) is 0 Å². The molecule has 1 aliphatic heterocycles. The third-order valence-electron chi connectivity index (χ3n) is 5.36. The molecule has 3 heterocycles. The Bertz CT molecular complexity index is 717. The Kier molecular flexibility index (Phi) is 4.04. The quantitative estimate of drug-likeness (QED) is 0.790. The van der Waals surface area contributed by atoms with Gasteiger partial charge in [0.1, 0.15) is 5.01 Å². The van der Waals surface area contributed by atoms with Crippen molar-refractivity contribution in [3.8, 4) is 5.88 Å². The van der Waals surface area contributed by atoms with Crippen molar-refractivity contribution < 1.29 is 4.74 Å². The molecule has 25 heavy (non-hydrogen) atoms. The van der Waals surface area contributed by atoms with Gasteiger partial charge in [-0.05, 0) is 50.5 Å². The Hall–Kier alpha value is -1.76. The van der Waals surface area contributed by atoms with Crippen LogP contribution in [0.1, 0.15) is 61.1 Å². The Morgan fingerprint density at radius 1 is 0.920 bits per heavy atom. The van der Waals surface area contributed by atoms with Crippen LogP contribution < -0.4 is 9.64 Å². The van der Waals surface area contributed by atoms with Crippen molar-refractivity contribution >= 4 is 16.5 Å². The van der Waals surface area contributed by atoms with Crippen molar-refractivity contribution in [1.29, 1.82) is 0 Å². The largest absolute Gasteiger partial charge is 0.476 e. The molecule has 0 bridgehead atoms. The van der Waals surface area contributed by atoms with Crippen LogP contribution in [0, 0.1) is 5.92 Å². The van der Waals surface area contributed by atoms with Crippen molar-refractivity contribution in [2.75, 3.05) is 24.6 Å². The number of rotatable bonds is 6. The predicted molar refractivity (Wildman–Crippen MR) is 96.3 cm³/mol. The maximum atomic E-state index is 5.87. The van der Waals surface area contributed by atoms with E-state index >= 15 is 0 Å². The fourth-order valence-electron chi connectivity index (χ4n) is 3.35. The molecule has 0 unspecified atom stereocenters.